The Kier molecular flexibility index (Phi) is 8.08. The van der Waals surface area contributed by atoms with Crippen molar-refractivity contribution in [3.63, 3.8) is 0 Å². The number of carbonyl (C=O) groups is 1. The summed E-state index contributed by atoms with van der Waals surface area (Å²) in [6.45, 7) is 5.14. The summed E-state index contributed by atoms with van der Waals surface area (Å²) in [5.41, 5.74) is 2.55. The molecule has 0 saturated heterocycles. The van der Waals surface area contributed by atoms with E-state index in [1.54, 1.807) is 14.2 Å². The summed E-state index contributed by atoms with van der Waals surface area (Å²) in [5.74, 6) is 2.42. The van der Waals surface area contributed by atoms with Crippen LogP contribution in [0.1, 0.15) is 35.6 Å². The van der Waals surface area contributed by atoms with Crippen LogP contribution in [0.25, 0.3) is 5.69 Å². The van der Waals surface area contributed by atoms with E-state index in [-0.39, 0.29) is 5.91 Å². The van der Waals surface area contributed by atoms with Crippen molar-refractivity contribution in [1.29, 1.82) is 0 Å². The Hall–Kier alpha value is -2.84. The highest BCUT2D eigenvalue weighted by molar-refractivity contribution is 7.98. The average Bonchev–Trinajstić information content (AvgIpc) is 3.19. The first-order valence-corrected chi connectivity index (χ1v) is 11.1. The summed E-state index contributed by atoms with van der Waals surface area (Å²) in [4.78, 5) is 12.6. The predicted molar refractivity (Wildman–Crippen MR) is 122 cm³/mol. The third kappa shape index (κ3) is 5.86. The molecule has 1 aromatic heterocycles. The highest BCUT2D eigenvalue weighted by Crippen LogP contribution is 2.27. The Labute approximate surface area is 187 Å². The van der Waals surface area contributed by atoms with Crippen molar-refractivity contribution in [2.45, 2.75) is 31.4 Å². The van der Waals surface area contributed by atoms with Gasteiger partial charge in [0, 0.05) is 30.7 Å². The number of thioether (sulfide) groups is 1. The number of hydrogen-bond donors (Lipinski definition) is 1. The van der Waals surface area contributed by atoms with Crippen LogP contribution in [-0.4, -0.2) is 41.4 Å². The predicted octanol–water partition coefficient (Wildman–Crippen LogP) is 4.10. The average molecular weight is 441 g/mol. The Balaban J connectivity index is 1.83. The number of amides is 1. The number of carbonyl (C=O) groups excluding carboxylic acids is 1. The van der Waals surface area contributed by atoms with Crippen LogP contribution in [-0.2, 0) is 17.1 Å². The molecule has 0 unspecified atom stereocenters. The summed E-state index contributed by atoms with van der Waals surface area (Å²) < 4.78 is 12.5. The van der Waals surface area contributed by atoms with Crippen LogP contribution in [0.3, 0.4) is 0 Å². The standard InChI is InChI=1S/C23H28N4O3S/c1-16(2)13-24-22(28)20-8-6-5-7-17(20)15-31-23-26-25-21(14-29-3)27(23)18-9-11-19(30-4)12-10-18/h5-12,16H,13-15H2,1-4H3,(H,24,28). The summed E-state index contributed by atoms with van der Waals surface area (Å²) in [7, 11) is 3.27. The minimum absolute atomic E-state index is 0.0541. The van der Waals surface area contributed by atoms with E-state index in [0.29, 0.717) is 36.2 Å². The van der Waals surface area contributed by atoms with Crippen molar-refractivity contribution < 1.29 is 14.3 Å². The number of aromatic nitrogens is 3. The lowest BCUT2D eigenvalue weighted by atomic mass is 10.1. The van der Waals surface area contributed by atoms with Gasteiger partial charge in [-0.25, -0.2) is 0 Å². The van der Waals surface area contributed by atoms with E-state index in [9.17, 15) is 4.79 Å². The molecule has 0 spiro atoms. The van der Waals surface area contributed by atoms with E-state index in [2.05, 4.69) is 29.4 Å². The van der Waals surface area contributed by atoms with E-state index < -0.39 is 0 Å². The molecule has 3 aromatic rings. The zero-order valence-electron chi connectivity index (χ0n) is 18.3. The maximum absolute atomic E-state index is 12.6. The second kappa shape index (κ2) is 11.0. The van der Waals surface area contributed by atoms with Crippen LogP contribution in [0.15, 0.2) is 53.7 Å². The number of benzene rings is 2. The molecule has 0 aliphatic carbocycles. The maximum Gasteiger partial charge on any atom is 0.251 e. The fourth-order valence-electron chi connectivity index (χ4n) is 3.01. The maximum atomic E-state index is 12.6. The molecule has 0 aliphatic heterocycles. The summed E-state index contributed by atoms with van der Waals surface area (Å²) >= 11 is 1.53. The normalized spacial score (nSPS) is 11.0. The fourth-order valence-corrected chi connectivity index (χ4v) is 3.98. The van der Waals surface area contributed by atoms with Gasteiger partial charge in [0.25, 0.3) is 5.91 Å². The molecule has 0 saturated carbocycles. The molecule has 164 valence electrons. The number of rotatable bonds is 10. The molecule has 0 atom stereocenters. The van der Waals surface area contributed by atoms with Crippen molar-refractivity contribution in [1.82, 2.24) is 20.1 Å². The van der Waals surface area contributed by atoms with Gasteiger partial charge in [0.2, 0.25) is 0 Å². The fraction of sp³-hybridized carbons (Fsp3) is 0.348. The smallest absolute Gasteiger partial charge is 0.251 e. The number of ether oxygens (including phenoxy) is 2. The van der Waals surface area contributed by atoms with Gasteiger partial charge < -0.3 is 14.8 Å². The lowest BCUT2D eigenvalue weighted by molar-refractivity contribution is 0.0948. The van der Waals surface area contributed by atoms with Crippen molar-refractivity contribution in [2.75, 3.05) is 20.8 Å². The largest absolute Gasteiger partial charge is 0.497 e. The molecule has 0 bridgehead atoms. The number of nitrogens with zero attached hydrogens (tertiary/aromatic N) is 3. The van der Waals surface area contributed by atoms with Gasteiger partial charge in [0.15, 0.2) is 11.0 Å². The Morgan fingerprint density at radius 1 is 1.10 bits per heavy atom. The first kappa shape index (κ1) is 22.8. The molecule has 1 heterocycles. The lowest BCUT2D eigenvalue weighted by Gasteiger charge is -2.13. The number of methoxy groups -OCH3 is 2. The summed E-state index contributed by atoms with van der Waals surface area (Å²) in [5, 5.41) is 12.4. The molecule has 1 N–H and O–H groups in total. The monoisotopic (exact) mass is 440 g/mol. The molecule has 0 fully saturated rings. The molecular formula is C23H28N4O3S. The van der Waals surface area contributed by atoms with Crippen LogP contribution < -0.4 is 10.1 Å². The highest BCUT2D eigenvalue weighted by Gasteiger charge is 2.17. The van der Waals surface area contributed by atoms with Crippen molar-refractivity contribution in [3.8, 4) is 11.4 Å². The zero-order valence-corrected chi connectivity index (χ0v) is 19.1. The van der Waals surface area contributed by atoms with E-state index in [0.717, 1.165) is 22.2 Å². The summed E-state index contributed by atoms with van der Waals surface area (Å²) in [6.07, 6.45) is 0. The topological polar surface area (TPSA) is 78.3 Å². The van der Waals surface area contributed by atoms with Crippen molar-refractivity contribution >= 4 is 17.7 Å². The Morgan fingerprint density at radius 3 is 2.52 bits per heavy atom. The molecule has 3 rings (SSSR count). The Bertz CT molecular complexity index is 1000. The van der Waals surface area contributed by atoms with Gasteiger partial charge in [-0.05, 0) is 41.8 Å². The molecule has 7 nitrogen and oxygen atoms in total. The highest BCUT2D eigenvalue weighted by atomic mass is 32.2. The first-order chi connectivity index (χ1) is 15.0. The van der Waals surface area contributed by atoms with Crippen LogP contribution in [0.2, 0.25) is 0 Å². The van der Waals surface area contributed by atoms with E-state index >= 15 is 0 Å². The van der Waals surface area contributed by atoms with Gasteiger partial charge in [-0.15, -0.1) is 10.2 Å². The van der Waals surface area contributed by atoms with Gasteiger partial charge in [0.05, 0.1) is 7.11 Å². The minimum atomic E-state index is -0.0541. The van der Waals surface area contributed by atoms with Crippen molar-refractivity contribution in [3.05, 3.63) is 65.5 Å². The molecule has 8 heteroatoms. The van der Waals surface area contributed by atoms with Gasteiger partial charge in [-0.3, -0.25) is 9.36 Å². The van der Waals surface area contributed by atoms with E-state index in [1.165, 1.54) is 11.8 Å². The van der Waals surface area contributed by atoms with Crippen LogP contribution >= 0.6 is 11.8 Å². The Morgan fingerprint density at radius 2 is 1.84 bits per heavy atom. The molecule has 1 amide bonds. The minimum Gasteiger partial charge on any atom is -0.497 e. The molecular weight excluding hydrogens is 412 g/mol. The first-order valence-electron chi connectivity index (χ1n) is 10.1. The third-order valence-corrected chi connectivity index (χ3v) is 5.57. The summed E-state index contributed by atoms with van der Waals surface area (Å²) in [6, 6.07) is 15.4. The van der Waals surface area contributed by atoms with Crippen LogP contribution in [0.4, 0.5) is 0 Å². The second-order valence-electron chi connectivity index (χ2n) is 7.41. The zero-order chi connectivity index (χ0) is 22.2. The van der Waals surface area contributed by atoms with Crippen molar-refractivity contribution in [2.24, 2.45) is 5.92 Å². The van der Waals surface area contributed by atoms with E-state index in [4.69, 9.17) is 9.47 Å². The molecule has 2 aromatic carbocycles. The van der Waals surface area contributed by atoms with Gasteiger partial charge in [-0.1, -0.05) is 43.8 Å². The molecule has 31 heavy (non-hydrogen) atoms. The van der Waals surface area contributed by atoms with Gasteiger partial charge >= 0.3 is 0 Å². The van der Waals surface area contributed by atoms with Gasteiger partial charge in [-0.2, -0.15) is 0 Å². The lowest BCUT2D eigenvalue weighted by Crippen LogP contribution is -2.28. The second-order valence-corrected chi connectivity index (χ2v) is 8.36. The quantitative estimate of drug-likeness (QED) is 0.478. The molecule has 0 radical (unpaired) electrons. The number of nitrogens with one attached hydrogen (secondary N) is 1. The van der Waals surface area contributed by atoms with Crippen LogP contribution in [0.5, 0.6) is 5.75 Å². The van der Waals surface area contributed by atoms with Gasteiger partial charge in [0.1, 0.15) is 12.4 Å². The van der Waals surface area contributed by atoms with Crippen LogP contribution in [0, 0.1) is 5.92 Å². The SMILES string of the molecule is COCc1nnc(SCc2ccccc2C(=O)NCC(C)C)n1-c1ccc(OC)cc1. The molecule has 0 aliphatic rings. The third-order valence-electron chi connectivity index (χ3n) is 4.59. The van der Waals surface area contributed by atoms with E-state index in [1.807, 2.05) is 53.1 Å². The number of hydrogen-bond acceptors (Lipinski definition) is 6.